The molecule has 0 unspecified atom stereocenters. The van der Waals surface area contributed by atoms with Gasteiger partial charge < -0.3 is 14.8 Å². The predicted octanol–water partition coefficient (Wildman–Crippen LogP) is 3.77. The van der Waals surface area contributed by atoms with Crippen molar-refractivity contribution in [1.29, 1.82) is 0 Å². The van der Waals surface area contributed by atoms with Crippen LogP contribution in [-0.2, 0) is 17.9 Å². The Morgan fingerprint density at radius 3 is 2.79 bits per heavy atom. The maximum atomic E-state index is 12.6. The van der Waals surface area contributed by atoms with Gasteiger partial charge in [0, 0.05) is 10.7 Å². The molecular formula is C20H19ClN4O3. The molecule has 1 aliphatic rings. The number of fused-ring (bicyclic) bond motifs is 1. The number of amides is 1. The lowest BCUT2D eigenvalue weighted by Crippen LogP contribution is -2.24. The second-order valence-corrected chi connectivity index (χ2v) is 6.96. The van der Waals surface area contributed by atoms with Crippen LogP contribution < -0.4 is 10.1 Å². The van der Waals surface area contributed by atoms with Crippen LogP contribution in [0.3, 0.4) is 0 Å². The van der Waals surface area contributed by atoms with Crippen molar-refractivity contribution in [1.82, 2.24) is 15.0 Å². The Balaban J connectivity index is 1.49. The molecule has 7 nitrogen and oxygen atoms in total. The van der Waals surface area contributed by atoms with Crippen LogP contribution in [0.25, 0.3) is 0 Å². The van der Waals surface area contributed by atoms with Gasteiger partial charge in [0.05, 0.1) is 26.0 Å². The summed E-state index contributed by atoms with van der Waals surface area (Å²) in [6, 6.07) is 13.0. The number of rotatable bonds is 4. The molecule has 144 valence electrons. The maximum absolute atomic E-state index is 12.6. The zero-order valence-electron chi connectivity index (χ0n) is 15.5. The Labute approximate surface area is 167 Å². The third kappa shape index (κ3) is 3.58. The largest absolute Gasteiger partial charge is 0.497 e. The molecule has 0 fully saturated rings. The van der Waals surface area contributed by atoms with Gasteiger partial charge in [0.1, 0.15) is 11.9 Å². The van der Waals surface area contributed by atoms with E-state index in [-0.39, 0.29) is 24.3 Å². The zero-order chi connectivity index (χ0) is 19.7. The molecule has 8 heteroatoms. The molecule has 1 atom stereocenters. The number of methoxy groups -OCH3 is 1. The van der Waals surface area contributed by atoms with Crippen LogP contribution in [0, 0.1) is 6.92 Å². The number of carbonyl (C=O) groups excluding carboxylic acids is 1. The van der Waals surface area contributed by atoms with E-state index in [4.69, 9.17) is 21.1 Å². The van der Waals surface area contributed by atoms with Gasteiger partial charge in [-0.05, 0) is 48.4 Å². The molecule has 1 aliphatic heterocycles. The molecule has 0 bridgehead atoms. The fourth-order valence-corrected chi connectivity index (χ4v) is 3.24. The first kappa shape index (κ1) is 18.5. The lowest BCUT2D eigenvalue weighted by molar-refractivity contribution is -0.00173. The molecule has 0 aliphatic carbocycles. The molecule has 0 spiro atoms. The molecule has 4 rings (SSSR count). The van der Waals surface area contributed by atoms with Crippen LogP contribution in [0.1, 0.15) is 33.4 Å². The quantitative estimate of drug-likeness (QED) is 0.723. The summed E-state index contributed by atoms with van der Waals surface area (Å²) in [5.41, 5.74) is 3.48. The Kier molecular flexibility index (Phi) is 5.02. The van der Waals surface area contributed by atoms with E-state index >= 15 is 0 Å². The number of hydrogen-bond donors (Lipinski definition) is 1. The smallest absolute Gasteiger partial charge is 0.278 e. The number of aromatic nitrogens is 3. The van der Waals surface area contributed by atoms with Gasteiger partial charge in [0.15, 0.2) is 5.69 Å². The van der Waals surface area contributed by atoms with Crippen molar-refractivity contribution in [2.75, 3.05) is 12.4 Å². The van der Waals surface area contributed by atoms with Crippen LogP contribution in [0.4, 0.5) is 5.69 Å². The van der Waals surface area contributed by atoms with Gasteiger partial charge in [-0.1, -0.05) is 28.9 Å². The van der Waals surface area contributed by atoms with Crippen molar-refractivity contribution in [3.8, 4) is 5.75 Å². The topological polar surface area (TPSA) is 78.3 Å². The van der Waals surface area contributed by atoms with Crippen molar-refractivity contribution < 1.29 is 14.3 Å². The molecule has 0 saturated heterocycles. The highest BCUT2D eigenvalue weighted by molar-refractivity contribution is 6.31. The normalized spacial score (nSPS) is 15.8. The van der Waals surface area contributed by atoms with Crippen molar-refractivity contribution >= 4 is 23.2 Å². The summed E-state index contributed by atoms with van der Waals surface area (Å²) in [5.74, 6) is 0.465. The lowest BCUT2D eigenvalue weighted by Gasteiger charge is -2.24. The van der Waals surface area contributed by atoms with E-state index in [0.29, 0.717) is 22.9 Å². The molecule has 3 aromatic rings. The summed E-state index contributed by atoms with van der Waals surface area (Å²) in [7, 11) is 1.63. The Bertz CT molecular complexity index is 1020. The molecule has 0 radical (unpaired) electrons. The van der Waals surface area contributed by atoms with Crippen molar-refractivity contribution in [2.24, 2.45) is 0 Å². The summed E-state index contributed by atoms with van der Waals surface area (Å²) in [5, 5.41) is 11.7. The number of carbonyl (C=O) groups is 1. The number of halogens is 1. The van der Waals surface area contributed by atoms with Crippen molar-refractivity contribution in [3.05, 3.63) is 70.0 Å². The molecule has 2 aromatic carbocycles. The van der Waals surface area contributed by atoms with Crippen LogP contribution >= 0.6 is 11.6 Å². The second kappa shape index (κ2) is 7.61. The van der Waals surface area contributed by atoms with Crippen molar-refractivity contribution in [3.63, 3.8) is 0 Å². The number of ether oxygens (including phenoxy) is 2. The second-order valence-electron chi connectivity index (χ2n) is 6.56. The summed E-state index contributed by atoms with van der Waals surface area (Å²) >= 11 is 6.03. The first-order chi connectivity index (χ1) is 13.5. The summed E-state index contributed by atoms with van der Waals surface area (Å²) in [6.07, 6.45) is -0.157. The average Bonchev–Trinajstić information content (AvgIpc) is 3.14. The third-order valence-corrected chi connectivity index (χ3v) is 5.14. The molecule has 1 aromatic heterocycles. The minimum Gasteiger partial charge on any atom is -0.497 e. The van der Waals surface area contributed by atoms with Gasteiger partial charge >= 0.3 is 0 Å². The van der Waals surface area contributed by atoms with E-state index < -0.39 is 0 Å². The number of anilines is 1. The van der Waals surface area contributed by atoms with E-state index in [1.54, 1.807) is 23.9 Å². The highest BCUT2D eigenvalue weighted by Gasteiger charge is 2.27. The molecule has 1 N–H and O–H groups in total. The highest BCUT2D eigenvalue weighted by atomic mass is 35.5. The van der Waals surface area contributed by atoms with Crippen molar-refractivity contribution in [2.45, 2.75) is 26.2 Å². The Morgan fingerprint density at radius 2 is 2.07 bits per heavy atom. The highest BCUT2D eigenvalue weighted by Crippen LogP contribution is 2.28. The first-order valence-corrected chi connectivity index (χ1v) is 9.18. The van der Waals surface area contributed by atoms with Gasteiger partial charge in [0.2, 0.25) is 0 Å². The fourth-order valence-electron chi connectivity index (χ4n) is 3.12. The van der Waals surface area contributed by atoms with E-state index in [2.05, 4.69) is 15.6 Å². The van der Waals surface area contributed by atoms with E-state index in [1.165, 1.54) is 0 Å². The van der Waals surface area contributed by atoms with Gasteiger partial charge in [-0.15, -0.1) is 5.10 Å². The SMILES string of the molecule is COc1ccc([C@H]2Cn3nnc(C(=O)Nc4ccc(Cl)c(C)c4)c3CO2)cc1. The third-order valence-electron chi connectivity index (χ3n) is 4.72. The number of aryl methyl sites for hydroxylation is 1. The summed E-state index contributed by atoms with van der Waals surface area (Å²) < 4.78 is 12.9. The number of nitrogens with one attached hydrogen (secondary N) is 1. The summed E-state index contributed by atoms with van der Waals surface area (Å²) in [4.78, 5) is 12.6. The van der Waals surface area contributed by atoms with Gasteiger partial charge in [0.25, 0.3) is 5.91 Å². The van der Waals surface area contributed by atoms with Gasteiger partial charge in [-0.2, -0.15) is 0 Å². The monoisotopic (exact) mass is 398 g/mol. The summed E-state index contributed by atoms with van der Waals surface area (Å²) in [6.45, 7) is 2.62. The van der Waals surface area contributed by atoms with Gasteiger partial charge in [-0.3, -0.25) is 4.79 Å². The standard InChI is InChI=1S/C20H19ClN4O3/c1-12-9-14(5-8-16(12)21)22-20(26)19-17-11-28-18(10-25(17)24-23-19)13-3-6-15(27-2)7-4-13/h3-9,18H,10-11H2,1-2H3,(H,22,26)/t18-/m1/s1. The van der Waals surface area contributed by atoms with E-state index in [0.717, 1.165) is 16.9 Å². The maximum Gasteiger partial charge on any atom is 0.278 e. The van der Waals surface area contributed by atoms with E-state index in [1.807, 2.05) is 37.3 Å². The Hall–Kier alpha value is -2.90. The zero-order valence-corrected chi connectivity index (χ0v) is 16.2. The average molecular weight is 399 g/mol. The minimum absolute atomic E-state index is 0.157. The minimum atomic E-state index is -0.325. The number of benzene rings is 2. The van der Waals surface area contributed by atoms with E-state index in [9.17, 15) is 4.79 Å². The van der Waals surface area contributed by atoms with Crippen LogP contribution in [0.5, 0.6) is 5.75 Å². The van der Waals surface area contributed by atoms with Crippen LogP contribution in [0.2, 0.25) is 5.02 Å². The van der Waals surface area contributed by atoms with Gasteiger partial charge in [-0.25, -0.2) is 4.68 Å². The molecule has 0 saturated carbocycles. The molecular weight excluding hydrogens is 380 g/mol. The number of hydrogen-bond acceptors (Lipinski definition) is 5. The Morgan fingerprint density at radius 1 is 1.29 bits per heavy atom. The fraction of sp³-hybridized carbons (Fsp3) is 0.250. The molecule has 1 amide bonds. The van der Waals surface area contributed by atoms with Crippen LogP contribution in [-0.4, -0.2) is 28.0 Å². The molecule has 28 heavy (non-hydrogen) atoms. The first-order valence-electron chi connectivity index (χ1n) is 8.80. The number of nitrogens with zero attached hydrogens (tertiary/aromatic N) is 3. The predicted molar refractivity (Wildman–Crippen MR) is 105 cm³/mol. The lowest BCUT2D eigenvalue weighted by atomic mass is 10.1. The van der Waals surface area contributed by atoms with Crippen LogP contribution in [0.15, 0.2) is 42.5 Å². The molecule has 2 heterocycles.